The molecule has 0 aromatic carbocycles. The Balaban J connectivity index is 2.34. The van der Waals surface area contributed by atoms with E-state index in [1.54, 1.807) is 7.11 Å². The molecule has 88 valence electrons. The highest BCUT2D eigenvalue weighted by atomic mass is 32.1. The average Bonchev–Trinajstić information content (AvgIpc) is 2.28. The highest BCUT2D eigenvalue weighted by Crippen LogP contribution is 2.23. The van der Waals surface area contributed by atoms with Crippen molar-refractivity contribution in [2.45, 2.75) is 43.9 Å². The Morgan fingerprint density at radius 3 is 2.80 bits per heavy atom. The van der Waals surface area contributed by atoms with E-state index in [1.165, 1.54) is 0 Å². The lowest BCUT2D eigenvalue weighted by Crippen LogP contribution is -2.38. The molecule has 1 fully saturated rings. The Bertz CT molecular complexity index is 213. The van der Waals surface area contributed by atoms with E-state index in [0.29, 0.717) is 5.75 Å². The van der Waals surface area contributed by atoms with Crippen molar-refractivity contribution >= 4 is 18.6 Å². The van der Waals surface area contributed by atoms with Crippen molar-refractivity contribution < 1.29 is 14.3 Å². The standard InChI is InChI=1S/C10H19NO3S/c1-13-7-3-2-4-8(5-7)14-10(12)9(11)6-15/h7-9,15H,2-6,11H2,1H3. The molecule has 4 nitrogen and oxygen atoms in total. The van der Waals surface area contributed by atoms with Crippen LogP contribution in [0, 0.1) is 0 Å². The van der Waals surface area contributed by atoms with Gasteiger partial charge in [-0.3, -0.25) is 4.79 Å². The van der Waals surface area contributed by atoms with Gasteiger partial charge >= 0.3 is 5.97 Å². The minimum Gasteiger partial charge on any atom is -0.461 e. The molecule has 0 radical (unpaired) electrons. The summed E-state index contributed by atoms with van der Waals surface area (Å²) in [6.07, 6.45) is 3.94. The number of carbonyl (C=O) groups excluding carboxylic acids is 1. The highest BCUT2D eigenvalue weighted by Gasteiger charge is 2.26. The van der Waals surface area contributed by atoms with E-state index in [-0.39, 0.29) is 18.2 Å². The second-order valence-corrected chi connectivity index (χ2v) is 4.24. The summed E-state index contributed by atoms with van der Waals surface area (Å²) in [6.45, 7) is 0. The van der Waals surface area contributed by atoms with Crippen molar-refractivity contribution in [3.05, 3.63) is 0 Å². The van der Waals surface area contributed by atoms with Crippen LogP contribution in [-0.4, -0.2) is 37.1 Å². The number of nitrogens with two attached hydrogens (primary N) is 1. The predicted molar refractivity (Wildman–Crippen MR) is 61.0 cm³/mol. The van der Waals surface area contributed by atoms with Crippen LogP contribution < -0.4 is 5.73 Å². The molecule has 3 unspecified atom stereocenters. The lowest BCUT2D eigenvalue weighted by molar-refractivity contribution is -0.153. The van der Waals surface area contributed by atoms with Gasteiger partial charge in [-0.1, -0.05) is 0 Å². The Morgan fingerprint density at radius 1 is 1.53 bits per heavy atom. The molecule has 0 amide bonds. The zero-order valence-corrected chi connectivity index (χ0v) is 9.91. The predicted octanol–water partition coefficient (Wildman–Crippen LogP) is 0.744. The van der Waals surface area contributed by atoms with Gasteiger partial charge in [0, 0.05) is 19.3 Å². The maximum Gasteiger partial charge on any atom is 0.324 e. The van der Waals surface area contributed by atoms with Gasteiger partial charge < -0.3 is 15.2 Å². The summed E-state index contributed by atoms with van der Waals surface area (Å²) in [5.41, 5.74) is 5.52. The average molecular weight is 233 g/mol. The van der Waals surface area contributed by atoms with Crippen LogP contribution in [0.3, 0.4) is 0 Å². The fraction of sp³-hybridized carbons (Fsp3) is 0.900. The first kappa shape index (κ1) is 12.8. The second kappa shape index (κ2) is 6.35. The van der Waals surface area contributed by atoms with Gasteiger partial charge in [-0.05, 0) is 19.3 Å². The smallest absolute Gasteiger partial charge is 0.324 e. The molecular weight excluding hydrogens is 214 g/mol. The number of hydrogen-bond donors (Lipinski definition) is 2. The summed E-state index contributed by atoms with van der Waals surface area (Å²) in [6, 6.07) is -0.615. The number of hydrogen-bond acceptors (Lipinski definition) is 5. The summed E-state index contributed by atoms with van der Waals surface area (Å²) in [7, 11) is 1.69. The zero-order chi connectivity index (χ0) is 11.3. The third kappa shape index (κ3) is 4.01. The van der Waals surface area contributed by atoms with Crippen LogP contribution in [-0.2, 0) is 14.3 Å². The minimum atomic E-state index is -0.615. The van der Waals surface area contributed by atoms with Crippen LogP contribution in [0.4, 0.5) is 0 Å². The van der Waals surface area contributed by atoms with Gasteiger partial charge in [-0.15, -0.1) is 0 Å². The number of methoxy groups -OCH3 is 1. The van der Waals surface area contributed by atoms with E-state index in [2.05, 4.69) is 12.6 Å². The van der Waals surface area contributed by atoms with Crippen molar-refractivity contribution in [3.8, 4) is 0 Å². The van der Waals surface area contributed by atoms with Gasteiger partial charge in [-0.25, -0.2) is 0 Å². The van der Waals surface area contributed by atoms with Crippen molar-refractivity contribution in [1.82, 2.24) is 0 Å². The molecule has 1 aliphatic carbocycles. The first-order chi connectivity index (χ1) is 7.17. The van der Waals surface area contributed by atoms with E-state index in [4.69, 9.17) is 15.2 Å². The molecule has 1 saturated carbocycles. The maximum atomic E-state index is 11.4. The fourth-order valence-corrected chi connectivity index (χ4v) is 1.90. The van der Waals surface area contributed by atoms with Crippen LogP contribution >= 0.6 is 12.6 Å². The lowest BCUT2D eigenvalue weighted by Gasteiger charge is -2.28. The normalized spacial score (nSPS) is 28.5. The van der Waals surface area contributed by atoms with Crippen LogP contribution in [0.2, 0.25) is 0 Å². The minimum absolute atomic E-state index is 0.0397. The lowest BCUT2D eigenvalue weighted by atomic mass is 9.95. The van der Waals surface area contributed by atoms with Crippen molar-refractivity contribution in [2.24, 2.45) is 5.73 Å². The van der Waals surface area contributed by atoms with Gasteiger partial charge in [0.2, 0.25) is 0 Å². The van der Waals surface area contributed by atoms with Crippen LogP contribution in [0.1, 0.15) is 25.7 Å². The van der Waals surface area contributed by atoms with E-state index in [0.717, 1.165) is 25.7 Å². The number of ether oxygens (including phenoxy) is 2. The molecule has 0 spiro atoms. The summed E-state index contributed by atoms with van der Waals surface area (Å²) >= 11 is 3.96. The molecule has 0 heterocycles. The summed E-state index contributed by atoms with van der Waals surface area (Å²) < 4.78 is 10.5. The Hall–Kier alpha value is -0.260. The van der Waals surface area contributed by atoms with Gasteiger partial charge in [0.05, 0.1) is 6.10 Å². The summed E-state index contributed by atoms with van der Waals surface area (Å²) in [4.78, 5) is 11.4. The van der Waals surface area contributed by atoms with Crippen molar-refractivity contribution in [2.75, 3.05) is 12.9 Å². The number of rotatable bonds is 4. The molecule has 0 saturated heterocycles. The third-order valence-electron chi connectivity index (χ3n) is 2.69. The molecule has 0 bridgehead atoms. The second-order valence-electron chi connectivity index (χ2n) is 3.87. The largest absolute Gasteiger partial charge is 0.461 e. The van der Waals surface area contributed by atoms with Crippen molar-refractivity contribution in [1.29, 1.82) is 0 Å². The van der Waals surface area contributed by atoms with Gasteiger partial charge in [0.1, 0.15) is 12.1 Å². The van der Waals surface area contributed by atoms with E-state index in [1.807, 2.05) is 0 Å². The molecule has 0 aromatic heterocycles. The number of esters is 1. The quantitative estimate of drug-likeness (QED) is 0.555. The molecule has 1 aliphatic rings. The van der Waals surface area contributed by atoms with E-state index in [9.17, 15) is 4.79 Å². The third-order valence-corrected chi connectivity index (χ3v) is 3.09. The molecule has 15 heavy (non-hydrogen) atoms. The van der Waals surface area contributed by atoms with Crippen molar-refractivity contribution in [3.63, 3.8) is 0 Å². The Kier molecular flexibility index (Phi) is 5.42. The van der Waals surface area contributed by atoms with Crippen LogP contribution in [0.5, 0.6) is 0 Å². The fourth-order valence-electron chi connectivity index (χ4n) is 1.75. The maximum absolute atomic E-state index is 11.4. The van der Waals surface area contributed by atoms with Gasteiger partial charge in [0.15, 0.2) is 0 Å². The molecule has 0 aliphatic heterocycles. The Labute approximate surface area is 95.9 Å². The molecule has 0 aromatic rings. The Morgan fingerprint density at radius 2 is 2.20 bits per heavy atom. The highest BCUT2D eigenvalue weighted by molar-refractivity contribution is 7.80. The SMILES string of the molecule is COC1CCCC(OC(=O)C(N)CS)C1. The first-order valence-corrected chi connectivity index (χ1v) is 5.90. The van der Waals surface area contributed by atoms with E-state index >= 15 is 0 Å². The first-order valence-electron chi connectivity index (χ1n) is 5.27. The van der Waals surface area contributed by atoms with Crippen LogP contribution in [0.15, 0.2) is 0 Å². The van der Waals surface area contributed by atoms with Crippen LogP contribution in [0.25, 0.3) is 0 Å². The van der Waals surface area contributed by atoms with Gasteiger partial charge in [-0.2, -0.15) is 12.6 Å². The summed E-state index contributed by atoms with van der Waals surface area (Å²) in [5.74, 6) is -0.0361. The topological polar surface area (TPSA) is 61.5 Å². The summed E-state index contributed by atoms with van der Waals surface area (Å²) in [5, 5.41) is 0. The number of thiol groups is 1. The molecular formula is C10H19NO3S. The molecule has 1 rings (SSSR count). The number of carbonyl (C=O) groups is 1. The van der Waals surface area contributed by atoms with Gasteiger partial charge in [0.25, 0.3) is 0 Å². The molecule has 2 N–H and O–H groups in total. The monoisotopic (exact) mass is 233 g/mol. The molecule has 3 atom stereocenters. The zero-order valence-electron chi connectivity index (χ0n) is 9.02. The van der Waals surface area contributed by atoms with E-state index < -0.39 is 6.04 Å². The molecule has 5 heteroatoms.